The van der Waals surface area contributed by atoms with Gasteiger partial charge in [-0.15, -0.1) is 0 Å². The third kappa shape index (κ3) is 2.66. The van der Waals surface area contributed by atoms with E-state index in [0.717, 1.165) is 19.3 Å². The molecule has 2 saturated carbocycles. The fourth-order valence-electron chi connectivity index (χ4n) is 3.32. The van der Waals surface area contributed by atoms with Crippen LogP contribution in [0.2, 0.25) is 0 Å². The average molecular weight is 255 g/mol. The Labute approximate surface area is 107 Å². The maximum atomic E-state index is 11.7. The lowest BCUT2D eigenvalue weighted by molar-refractivity contribution is -0.145. The number of fused-ring (bicyclic) bond motifs is 2. The summed E-state index contributed by atoms with van der Waals surface area (Å²) >= 11 is 0. The quantitative estimate of drug-likeness (QED) is 0.769. The van der Waals surface area contributed by atoms with E-state index < -0.39 is 11.9 Å². The van der Waals surface area contributed by atoms with Crippen LogP contribution in [-0.2, 0) is 14.3 Å². The van der Waals surface area contributed by atoms with Crippen LogP contribution in [0.15, 0.2) is 0 Å². The number of amides is 1. The van der Waals surface area contributed by atoms with Crippen LogP contribution >= 0.6 is 0 Å². The van der Waals surface area contributed by atoms with E-state index in [1.54, 1.807) is 0 Å². The predicted molar refractivity (Wildman–Crippen MR) is 65.0 cm³/mol. The molecule has 102 valence electrons. The minimum Gasteiger partial charge on any atom is -0.481 e. The van der Waals surface area contributed by atoms with Crippen LogP contribution in [0.1, 0.15) is 33.1 Å². The van der Waals surface area contributed by atoms with E-state index in [0.29, 0.717) is 5.92 Å². The fourth-order valence-corrected chi connectivity index (χ4v) is 3.32. The zero-order valence-electron chi connectivity index (χ0n) is 10.9. The molecule has 4 atom stereocenters. The van der Waals surface area contributed by atoms with Gasteiger partial charge in [-0.2, -0.15) is 0 Å². The largest absolute Gasteiger partial charge is 0.481 e. The van der Waals surface area contributed by atoms with E-state index >= 15 is 0 Å². The van der Waals surface area contributed by atoms with Crippen LogP contribution in [-0.4, -0.2) is 35.7 Å². The van der Waals surface area contributed by atoms with Crippen molar-refractivity contribution in [3.63, 3.8) is 0 Å². The molecule has 5 nitrogen and oxygen atoms in total. The van der Waals surface area contributed by atoms with Crippen LogP contribution in [0.5, 0.6) is 0 Å². The highest BCUT2D eigenvalue weighted by Crippen LogP contribution is 2.48. The molecule has 0 radical (unpaired) electrons. The first-order chi connectivity index (χ1) is 8.49. The van der Waals surface area contributed by atoms with Crippen LogP contribution < -0.4 is 5.32 Å². The number of carboxylic acid groups (broad SMARTS) is 1. The molecule has 0 aliphatic heterocycles. The highest BCUT2D eigenvalue weighted by molar-refractivity contribution is 5.79. The van der Waals surface area contributed by atoms with Crippen LogP contribution in [0.4, 0.5) is 0 Å². The van der Waals surface area contributed by atoms with Crippen molar-refractivity contribution in [2.45, 2.75) is 45.3 Å². The summed E-state index contributed by atoms with van der Waals surface area (Å²) in [5, 5.41) is 12.1. The highest BCUT2D eigenvalue weighted by atomic mass is 16.5. The first kappa shape index (κ1) is 13.3. The summed E-state index contributed by atoms with van der Waals surface area (Å²) < 4.78 is 5.23. The van der Waals surface area contributed by atoms with Crippen molar-refractivity contribution < 1.29 is 19.4 Å². The standard InChI is InChI=1S/C13H21NO4/c1-7(2)18-6-10(15)14-12-9-4-3-8(5-9)11(12)13(16)17/h7-9,11-12H,3-6H2,1-2H3,(H,14,15)(H,16,17). The Morgan fingerprint density at radius 1 is 1.33 bits per heavy atom. The Hall–Kier alpha value is -1.10. The molecule has 0 aromatic heterocycles. The van der Waals surface area contributed by atoms with E-state index in [1.165, 1.54) is 0 Å². The zero-order chi connectivity index (χ0) is 13.3. The van der Waals surface area contributed by atoms with Crippen molar-refractivity contribution in [3.05, 3.63) is 0 Å². The molecule has 5 heteroatoms. The smallest absolute Gasteiger partial charge is 0.308 e. The fraction of sp³-hybridized carbons (Fsp3) is 0.846. The Morgan fingerprint density at radius 2 is 2.00 bits per heavy atom. The molecule has 2 aliphatic carbocycles. The van der Waals surface area contributed by atoms with E-state index in [4.69, 9.17) is 4.74 Å². The van der Waals surface area contributed by atoms with Gasteiger partial charge < -0.3 is 15.2 Å². The van der Waals surface area contributed by atoms with Crippen LogP contribution in [0, 0.1) is 17.8 Å². The molecule has 2 N–H and O–H groups in total. The van der Waals surface area contributed by atoms with Gasteiger partial charge in [0.15, 0.2) is 0 Å². The van der Waals surface area contributed by atoms with E-state index in [9.17, 15) is 14.7 Å². The number of carbonyl (C=O) groups is 2. The minimum atomic E-state index is -0.780. The molecule has 2 rings (SSSR count). The molecule has 2 aliphatic rings. The van der Waals surface area contributed by atoms with Gasteiger partial charge in [0.2, 0.25) is 5.91 Å². The molecule has 0 saturated heterocycles. The van der Waals surface area contributed by atoms with E-state index in [2.05, 4.69) is 5.32 Å². The first-order valence-electron chi connectivity index (χ1n) is 6.62. The van der Waals surface area contributed by atoms with Crippen molar-refractivity contribution >= 4 is 11.9 Å². The maximum absolute atomic E-state index is 11.7. The third-order valence-electron chi connectivity index (χ3n) is 4.08. The molecule has 0 aromatic rings. The molecule has 4 unspecified atom stereocenters. The zero-order valence-corrected chi connectivity index (χ0v) is 10.9. The first-order valence-corrected chi connectivity index (χ1v) is 6.62. The Bertz CT molecular complexity index is 342. The second kappa shape index (κ2) is 5.26. The van der Waals surface area contributed by atoms with Gasteiger partial charge in [0.05, 0.1) is 12.0 Å². The van der Waals surface area contributed by atoms with Crippen molar-refractivity contribution in [1.29, 1.82) is 0 Å². The molecular weight excluding hydrogens is 234 g/mol. The predicted octanol–water partition coefficient (Wildman–Crippen LogP) is 1.03. The summed E-state index contributed by atoms with van der Waals surface area (Å²) in [5.41, 5.74) is 0. The number of nitrogens with one attached hydrogen (secondary N) is 1. The molecule has 0 spiro atoms. The second-order valence-corrected chi connectivity index (χ2v) is 5.65. The lowest BCUT2D eigenvalue weighted by Crippen LogP contribution is -2.48. The molecule has 1 amide bonds. The van der Waals surface area contributed by atoms with Gasteiger partial charge in [0.25, 0.3) is 0 Å². The monoisotopic (exact) mass is 255 g/mol. The number of rotatable bonds is 5. The molecule has 2 fully saturated rings. The van der Waals surface area contributed by atoms with Gasteiger partial charge in [0.1, 0.15) is 6.61 Å². The highest BCUT2D eigenvalue weighted by Gasteiger charge is 2.51. The normalized spacial score (nSPS) is 33.9. The summed E-state index contributed by atoms with van der Waals surface area (Å²) in [6.07, 6.45) is 2.96. The summed E-state index contributed by atoms with van der Waals surface area (Å²) in [5.74, 6) is -0.820. The molecule has 0 aromatic carbocycles. The summed E-state index contributed by atoms with van der Waals surface area (Å²) in [4.78, 5) is 23.0. The van der Waals surface area contributed by atoms with Gasteiger partial charge in [-0.1, -0.05) is 0 Å². The third-order valence-corrected chi connectivity index (χ3v) is 4.08. The molecule has 2 bridgehead atoms. The average Bonchev–Trinajstić information content (AvgIpc) is 2.86. The number of aliphatic carboxylic acids is 1. The van der Waals surface area contributed by atoms with E-state index in [-0.39, 0.29) is 30.6 Å². The van der Waals surface area contributed by atoms with E-state index in [1.807, 2.05) is 13.8 Å². The number of ether oxygens (including phenoxy) is 1. The van der Waals surface area contributed by atoms with Gasteiger partial charge in [-0.3, -0.25) is 9.59 Å². The van der Waals surface area contributed by atoms with Gasteiger partial charge in [-0.25, -0.2) is 0 Å². The second-order valence-electron chi connectivity index (χ2n) is 5.65. The SMILES string of the molecule is CC(C)OCC(=O)NC1C2CCC(C2)C1C(=O)O. The number of carbonyl (C=O) groups excluding carboxylic acids is 1. The summed E-state index contributed by atoms with van der Waals surface area (Å²) in [7, 11) is 0. The molecule has 0 heterocycles. The number of hydrogen-bond donors (Lipinski definition) is 2. The molecule has 18 heavy (non-hydrogen) atoms. The van der Waals surface area contributed by atoms with Gasteiger partial charge >= 0.3 is 5.97 Å². The lowest BCUT2D eigenvalue weighted by Gasteiger charge is -2.28. The number of carboxylic acids is 1. The molecular formula is C13H21NO4. The Balaban J connectivity index is 1.91. The van der Waals surface area contributed by atoms with Crippen LogP contribution in [0.3, 0.4) is 0 Å². The number of hydrogen-bond acceptors (Lipinski definition) is 3. The van der Waals surface area contributed by atoms with Gasteiger partial charge in [0, 0.05) is 6.04 Å². The lowest BCUT2D eigenvalue weighted by atomic mass is 9.84. The van der Waals surface area contributed by atoms with Gasteiger partial charge in [-0.05, 0) is 44.9 Å². The van der Waals surface area contributed by atoms with Crippen molar-refractivity contribution in [2.75, 3.05) is 6.61 Å². The Kier molecular flexibility index (Phi) is 3.90. The summed E-state index contributed by atoms with van der Waals surface area (Å²) in [6, 6.07) is -0.204. The van der Waals surface area contributed by atoms with Crippen molar-refractivity contribution in [2.24, 2.45) is 17.8 Å². The topological polar surface area (TPSA) is 75.6 Å². The van der Waals surface area contributed by atoms with Crippen molar-refractivity contribution in [3.8, 4) is 0 Å². The minimum absolute atomic E-state index is 0.00560. The van der Waals surface area contributed by atoms with Crippen molar-refractivity contribution in [1.82, 2.24) is 5.32 Å². The van der Waals surface area contributed by atoms with Crippen LogP contribution in [0.25, 0.3) is 0 Å². The summed E-state index contributed by atoms with van der Waals surface area (Å²) in [6.45, 7) is 3.74. The Morgan fingerprint density at radius 3 is 2.61 bits per heavy atom. The maximum Gasteiger partial charge on any atom is 0.308 e.